The summed E-state index contributed by atoms with van der Waals surface area (Å²) in [4.78, 5) is 0. The summed E-state index contributed by atoms with van der Waals surface area (Å²) in [6, 6.07) is 14.3. The molecule has 2 fully saturated rings. The Morgan fingerprint density at radius 2 is 1.65 bits per heavy atom. The summed E-state index contributed by atoms with van der Waals surface area (Å²) in [5.41, 5.74) is 10.1. The van der Waals surface area contributed by atoms with Gasteiger partial charge in [0.2, 0.25) is 0 Å². The molecule has 26 heavy (non-hydrogen) atoms. The molecular weight excluding hydrogens is 340 g/mol. The van der Waals surface area contributed by atoms with Crippen molar-refractivity contribution in [3.05, 3.63) is 53.1 Å². The van der Waals surface area contributed by atoms with Crippen molar-refractivity contribution in [1.29, 1.82) is 0 Å². The van der Waals surface area contributed by atoms with Gasteiger partial charge in [-0.2, -0.15) is 0 Å². The van der Waals surface area contributed by atoms with Crippen LogP contribution < -0.4 is 11.1 Å². The minimum Gasteiger partial charge on any atom is -0.399 e. The van der Waals surface area contributed by atoms with Gasteiger partial charge in [-0.3, -0.25) is 0 Å². The van der Waals surface area contributed by atoms with Crippen LogP contribution in [-0.4, -0.2) is 0 Å². The third-order valence-electron chi connectivity index (χ3n) is 6.47. The lowest BCUT2D eigenvalue weighted by Gasteiger charge is -2.47. The third-order valence-corrected chi connectivity index (χ3v) is 6.78. The molecule has 0 spiro atoms. The van der Waals surface area contributed by atoms with Crippen LogP contribution >= 0.6 is 11.6 Å². The van der Waals surface area contributed by atoms with Gasteiger partial charge in [0.25, 0.3) is 0 Å². The molecule has 2 aliphatic rings. The Morgan fingerprint density at radius 3 is 2.27 bits per heavy atom. The van der Waals surface area contributed by atoms with Crippen LogP contribution in [0.4, 0.5) is 17.1 Å². The van der Waals surface area contributed by atoms with Crippen molar-refractivity contribution in [3.8, 4) is 0 Å². The standard InChI is InChI=1S/C23H29ClN2/c1-15-9-16-11-17(10-15)14-23(2,13-16)18-3-8-22(21(24)12-18)26-20-6-4-19(25)5-7-20/h3-8,12,15-17,26H,9-11,13-14,25H2,1-2H3. The molecule has 0 heterocycles. The normalized spacial score (nSPS) is 30.8. The number of rotatable bonds is 3. The van der Waals surface area contributed by atoms with Crippen LogP contribution in [-0.2, 0) is 5.41 Å². The summed E-state index contributed by atoms with van der Waals surface area (Å²) in [5.74, 6) is 2.67. The first-order valence-corrected chi connectivity index (χ1v) is 10.2. The zero-order valence-corrected chi connectivity index (χ0v) is 16.5. The number of nitrogens with one attached hydrogen (secondary N) is 1. The van der Waals surface area contributed by atoms with Gasteiger partial charge in [0.1, 0.15) is 0 Å². The van der Waals surface area contributed by atoms with E-state index in [1.54, 1.807) is 0 Å². The van der Waals surface area contributed by atoms with Gasteiger partial charge in [-0.25, -0.2) is 0 Å². The fourth-order valence-electron chi connectivity index (χ4n) is 5.54. The van der Waals surface area contributed by atoms with Gasteiger partial charge in [-0.15, -0.1) is 0 Å². The van der Waals surface area contributed by atoms with Crippen LogP contribution in [0.25, 0.3) is 0 Å². The number of hydrogen-bond acceptors (Lipinski definition) is 2. The molecular formula is C23H29ClN2. The highest BCUT2D eigenvalue weighted by Gasteiger charge is 2.41. The maximum atomic E-state index is 6.65. The summed E-state index contributed by atoms with van der Waals surface area (Å²) in [7, 11) is 0. The molecule has 2 atom stereocenters. The van der Waals surface area contributed by atoms with Gasteiger partial charge in [0, 0.05) is 11.4 Å². The molecule has 2 bridgehead atoms. The monoisotopic (exact) mass is 368 g/mol. The topological polar surface area (TPSA) is 38.0 Å². The van der Waals surface area contributed by atoms with Gasteiger partial charge in [-0.05, 0) is 97.2 Å². The summed E-state index contributed by atoms with van der Waals surface area (Å²) < 4.78 is 0. The molecule has 0 saturated heterocycles. The highest BCUT2D eigenvalue weighted by atomic mass is 35.5. The molecule has 0 aliphatic heterocycles. The van der Waals surface area contributed by atoms with E-state index >= 15 is 0 Å². The predicted molar refractivity (Wildman–Crippen MR) is 112 cm³/mol. The highest BCUT2D eigenvalue weighted by molar-refractivity contribution is 6.33. The SMILES string of the molecule is CC1CC2CC(C1)CC(C)(c1ccc(Nc3ccc(N)cc3)c(Cl)c1)C2. The lowest BCUT2D eigenvalue weighted by Crippen LogP contribution is -2.38. The number of halogens is 1. The Hall–Kier alpha value is -1.67. The largest absolute Gasteiger partial charge is 0.399 e. The second-order valence-electron chi connectivity index (χ2n) is 8.95. The molecule has 2 aromatic rings. The van der Waals surface area contributed by atoms with E-state index in [0.29, 0.717) is 0 Å². The van der Waals surface area contributed by atoms with E-state index in [1.165, 1.54) is 37.7 Å². The van der Waals surface area contributed by atoms with E-state index in [1.807, 2.05) is 24.3 Å². The molecule has 0 radical (unpaired) electrons. The Balaban J connectivity index is 1.54. The fraction of sp³-hybridized carbons (Fsp3) is 0.478. The summed E-state index contributed by atoms with van der Waals surface area (Å²) in [6.45, 7) is 4.87. The molecule has 2 nitrogen and oxygen atoms in total. The van der Waals surface area contributed by atoms with Crippen LogP contribution in [0, 0.1) is 17.8 Å². The Morgan fingerprint density at radius 1 is 1.00 bits per heavy atom. The van der Waals surface area contributed by atoms with Crippen molar-refractivity contribution in [2.24, 2.45) is 17.8 Å². The fourth-order valence-corrected chi connectivity index (χ4v) is 5.77. The van der Waals surface area contributed by atoms with Crippen molar-refractivity contribution in [1.82, 2.24) is 0 Å². The molecule has 3 N–H and O–H groups in total. The number of nitrogens with two attached hydrogens (primary N) is 1. The Kier molecular flexibility index (Phi) is 4.64. The van der Waals surface area contributed by atoms with Crippen LogP contribution in [0.3, 0.4) is 0 Å². The maximum Gasteiger partial charge on any atom is 0.0643 e. The number of nitrogen functional groups attached to an aromatic ring is 1. The van der Waals surface area contributed by atoms with Crippen molar-refractivity contribution < 1.29 is 0 Å². The van der Waals surface area contributed by atoms with Crippen LogP contribution in [0.1, 0.15) is 51.5 Å². The van der Waals surface area contributed by atoms with Crippen molar-refractivity contribution in [3.63, 3.8) is 0 Å². The van der Waals surface area contributed by atoms with Crippen LogP contribution in [0.2, 0.25) is 5.02 Å². The van der Waals surface area contributed by atoms with Crippen LogP contribution in [0.5, 0.6) is 0 Å². The number of fused-ring (bicyclic) bond motifs is 2. The average Bonchev–Trinajstić information content (AvgIpc) is 2.57. The summed E-state index contributed by atoms with van der Waals surface area (Å²) >= 11 is 6.65. The first kappa shape index (κ1) is 17.7. The first-order valence-electron chi connectivity index (χ1n) is 9.84. The lowest BCUT2D eigenvalue weighted by molar-refractivity contribution is 0.0899. The Bertz CT molecular complexity index is 765. The molecule has 4 rings (SSSR count). The molecule has 0 amide bonds. The van der Waals surface area contributed by atoms with Crippen molar-refractivity contribution >= 4 is 28.7 Å². The molecule has 2 saturated carbocycles. The number of benzene rings is 2. The zero-order valence-electron chi connectivity index (χ0n) is 15.8. The van der Waals surface area contributed by atoms with Crippen molar-refractivity contribution in [2.75, 3.05) is 11.1 Å². The molecule has 2 aliphatic carbocycles. The van der Waals surface area contributed by atoms with E-state index < -0.39 is 0 Å². The first-order chi connectivity index (χ1) is 12.4. The lowest BCUT2D eigenvalue weighted by atomic mass is 9.57. The molecule has 2 aromatic carbocycles. The van der Waals surface area contributed by atoms with E-state index in [2.05, 4.69) is 37.4 Å². The van der Waals surface area contributed by atoms with Gasteiger partial charge in [-0.1, -0.05) is 31.5 Å². The predicted octanol–water partition coefficient (Wildman–Crippen LogP) is 6.77. The van der Waals surface area contributed by atoms with E-state index in [9.17, 15) is 0 Å². The minimum atomic E-state index is 0.261. The van der Waals surface area contributed by atoms with Gasteiger partial charge >= 0.3 is 0 Å². The molecule has 0 aromatic heterocycles. The van der Waals surface area contributed by atoms with Crippen molar-refractivity contribution in [2.45, 2.75) is 51.4 Å². The second kappa shape index (κ2) is 6.81. The van der Waals surface area contributed by atoms with Crippen LogP contribution in [0.15, 0.2) is 42.5 Å². The smallest absolute Gasteiger partial charge is 0.0643 e. The Labute approximate surface area is 162 Å². The van der Waals surface area contributed by atoms with E-state index in [-0.39, 0.29) is 5.41 Å². The quantitative estimate of drug-likeness (QED) is 0.586. The second-order valence-corrected chi connectivity index (χ2v) is 9.36. The maximum absolute atomic E-state index is 6.65. The summed E-state index contributed by atoms with van der Waals surface area (Å²) in [6.07, 6.45) is 6.83. The average molecular weight is 369 g/mol. The molecule has 2 unspecified atom stereocenters. The number of hydrogen-bond donors (Lipinski definition) is 2. The van der Waals surface area contributed by atoms with Gasteiger partial charge < -0.3 is 11.1 Å². The van der Waals surface area contributed by atoms with E-state index in [0.717, 1.165) is 39.8 Å². The zero-order chi connectivity index (χ0) is 18.3. The van der Waals surface area contributed by atoms with Gasteiger partial charge in [0.05, 0.1) is 10.7 Å². The highest BCUT2D eigenvalue weighted by Crippen LogP contribution is 2.51. The van der Waals surface area contributed by atoms with Gasteiger partial charge in [0.15, 0.2) is 0 Å². The molecule has 138 valence electrons. The summed E-state index contributed by atoms with van der Waals surface area (Å²) in [5, 5.41) is 4.20. The molecule has 3 heteroatoms. The minimum absolute atomic E-state index is 0.261. The van der Waals surface area contributed by atoms with E-state index in [4.69, 9.17) is 17.3 Å². The number of anilines is 3. The third kappa shape index (κ3) is 3.57.